The predicted molar refractivity (Wildman–Crippen MR) is 104 cm³/mol. The number of ether oxygens (including phenoxy) is 1. The lowest BCUT2D eigenvalue weighted by Gasteiger charge is -2.36. The van der Waals surface area contributed by atoms with Gasteiger partial charge in [-0.1, -0.05) is 71.4 Å². The summed E-state index contributed by atoms with van der Waals surface area (Å²) in [7, 11) is 1.46. The highest BCUT2D eigenvalue weighted by Crippen LogP contribution is 2.14. The quantitative estimate of drug-likeness (QED) is 0.169. The summed E-state index contributed by atoms with van der Waals surface area (Å²) in [4.78, 5) is 11.8. The highest BCUT2D eigenvalue weighted by molar-refractivity contribution is 5.70. The molecule has 0 rings (SSSR count). The number of rotatable bonds is 17. The van der Waals surface area contributed by atoms with Crippen molar-refractivity contribution in [2.75, 3.05) is 33.3 Å². The van der Waals surface area contributed by atoms with Crippen molar-refractivity contribution in [3.8, 4) is 0 Å². The number of halogens is 1. The smallest absolute Gasteiger partial charge is 0.361 e. The van der Waals surface area contributed by atoms with Crippen LogP contribution >= 0.6 is 0 Å². The highest BCUT2D eigenvalue weighted by atomic mass is 35.5. The molecule has 0 heterocycles. The van der Waals surface area contributed by atoms with Gasteiger partial charge >= 0.3 is 5.97 Å². The average molecular weight is 374 g/mol. The number of esters is 1. The summed E-state index contributed by atoms with van der Waals surface area (Å²) in [6.45, 7) is 13.0. The van der Waals surface area contributed by atoms with Gasteiger partial charge in [0, 0.05) is 0 Å². The molecule has 0 saturated heterocycles. The van der Waals surface area contributed by atoms with E-state index in [9.17, 15) is 4.79 Å². The Morgan fingerprint density at radius 2 is 1.32 bits per heavy atom. The van der Waals surface area contributed by atoms with E-state index in [0.29, 0.717) is 11.0 Å². The third kappa shape index (κ3) is 14.1. The molecule has 0 bridgehead atoms. The predicted octanol–water partition coefficient (Wildman–Crippen LogP) is 2.27. The largest absolute Gasteiger partial charge is 1.00 e. The highest BCUT2D eigenvalue weighted by Gasteiger charge is 2.28. The van der Waals surface area contributed by atoms with Gasteiger partial charge in [0.05, 0.1) is 26.7 Å². The molecular formula is C21H40ClNO2. The first-order chi connectivity index (χ1) is 11.6. The van der Waals surface area contributed by atoms with Gasteiger partial charge in [0.15, 0.2) is 6.54 Å². The standard InChI is InChI=1S/C21H40NO2.ClH/c1-5-8-9-10-11-12-13-14-15-16-19-22(17-6-2,18-7-3)20-21(23)24-4;/h6-7H,2-3,5,8-20H2,1,4H3;1H/q+1;/p-1. The first-order valence-corrected chi connectivity index (χ1v) is 9.78. The number of hydrogen-bond donors (Lipinski definition) is 0. The van der Waals surface area contributed by atoms with Crippen LogP contribution in [0.2, 0.25) is 0 Å². The number of hydrogen-bond acceptors (Lipinski definition) is 2. The first kappa shape index (κ1) is 26.4. The lowest BCUT2D eigenvalue weighted by atomic mass is 10.1. The zero-order chi connectivity index (χ0) is 18.1. The summed E-state index contributed by atoms with van der Waals surface area (Å²) in [5, 5.41) is 0. The Kier molecular flexibility index (Phi) is 19.0. The Bertz CT molecular complexity index is 335. The van der Waals surface area contributed by atoms with Crippen LogP contribution in [0.25, 0.3) is 0 Å². The molecule has 0 aliphatic heterocycles. The molecule has 0 fully saturated rings. The van der Waals surface area contributed by atoms with Crippen LogP contribution in [0.5, 0.6) is 0 Å². The van der Waals surface area contributed by atoms with Crippen LogP contribution in [0.1, 0.15) is 71.1 Å². The van der Waals surface area contributed by atoms with Crippen LogP contribution in [0.4, 0.5) is 0 Å². The van der Waals surface area contributed by atoms with Crippen LogP contribution < -0.4 is 12.4 Å². The second kappa shape index (κ2) is 18.0. The Hall–Kier alpha value is -0.800. The zero-order valence-corrected chi connectivity index (χ0v) is 17.4. The molecule has 0 spiro atoms. The number of methoxy groups -OCH3 is 1. The minimum absolute atomic E-state index is 0. The van der Waals surface area contributed by atoms with E-state index in [-0.39, 0.29) is 18.4 Å². The van der Waals surface area contributed by atoms with Crippen LogP contribution in [0.3, 0.4) is 0 Å². The fourth-order valence-corrected chi connectivity index (χ4v) is 3.29. The van der Waals surface area contributed by atoms with Gasteiger partial charge in [0.1, 0.15) is 0 Å². The normalized spacial score (nSPS) is 10.8. The van der Waals surface area contributed by atoms with Gasteiger partial charge in [-0.2, -0.15) is 0 Å². The maximum atomic E-state index is 11.8. The second-order valence-electron chi connectivity index (χ2n) is 6.92. The monoisotopic (exact) mass is 373 g/mol. The van der Waals surface area contributed by atoms with Crippen LogP contribution in [-0.2, 0) is 9.53 Å². The molecule has 148 valence electrons. The summed E-state index contributed by atoms with van der Waals surface area (Å²) in [5.41, 5.74) is 0. The molecule has 0 unspecified atom stereocenters. The van der Waals surface area contributed by atoms with Crippen LogP contribution in [0, 0.1) is 0 Å². The van der Waals surface area contributed by atoms with Crippen molar-refractivity contribution >= 4 is 5.97 Å². The van der Waals surface area contributed by atoms with E-state index in [2.05, 4.69) is 20.1 Å². The Balaban J connectivity index is 0. The Morgan fingerprint density at radius 3 is 1.72 bits per heavy atom. The molecule has 0 radical (unpaired) electrons. The molecule has 3 nitrogen and oxygen atoms in total. The molecular weight excluding hydrogens is 334 g/mol. The van der Waals surface area contributed by atoms with Crippen molar-refractivity contribution < 1.29 is 26.4 Å². The Morgan fingerprint density at radius 1 is 0.880 bits per heavy atom. The Labute approximate surface area is 162 Å². The van der Waals surface area contributed by atoms with Crippen LogP contribution in [0.15, 0.2) is 25.3 Å². The summed E-state index contributed by atoms with van der Waals surface area (Å²) < 4.78 is 5.57. The maximum Gasteiger partial charge on any atom is 0.361 e. The fourth-order valence-electron chi connectivity index (χ4n) is 3.29. The van der Waals surface area contributed by atoms with E-state index >= 15 is 0 Å². The van der Waals surface area contributed by atoms with Crippen LogP contribution in [-0.4, -0.2) is 43.7 Å². The van der Waals surface area contributed by atoms with E-state index in [1.54, 1.807) is 0 Å². The first-order valence-electron chi connectivity index (χ1n) is 9.78. The molecule has 0 aliphatic rings. The summed E-state index contributed by atoms with van der Waals surface area (Å²) in [5.74, 6) is -0.147. The van der Waals surface area contributed by atoms with Gasteiger partial charge in [-0.3, -0.25) is 0 Å². The number of nitrogens with zero attached hydrogens (tertiary/aromatic N) is 1. The lowest BCUT2D eigenvalue weighted by molar-refractivity contribution is -0.910. The fraction of sp³-hybridized carbons (Fsp3) is 0.762. The molecule has 0 aromatic heterocycles. The molecule has 0 N–H and O–H groups in total. The van der Waals surface area contributed by atoms with E-state index in [4.69, 9.17) is 4.74 Å². The molecule has 4 heteroatoms. The SMILES string of the molecule is C=CC[N+](CC=C)(CCCCCCCCCCCC)CC(=O)OC.[Cl-]. The molecule has 25 heavy (non-hydrogen) atoms. The summed E-state index contributed by atoms with van der Waals surface area (Å²) >= 11 is 0. The molecule has 0 aromatic rings. The minimum Gasteiger partial charge on any atom is -1.00 e. The van der Waals surface area contributed by atoms with Crippen molar-refractivity contribution in [1.29, 1.82) is 0 Å². The van der Waals surface area contributed by atoms with Gasteiger partial charge in [-0.15, -0.1) is 0 Å². The van der Waals surface area contributed by atoms with Crippen molar-refractivity contribution in [2.24, 2.45) is 0 Å². The topological polar surface area (TPSA) is 26.3 Å². The van der Waals surface area contributed by atoms with Gasteiger partial charge in [0.2, 0.25) is 0 Å². The molecule has 0 atom stereocenters. The van der Waals surface area contributed by atoms with E-state index < -0.39 is 0 Å². The van der Waals surface area contributed by atoms with E-state index in [1.807, 2.05) is 12.2 Å². The van der Waals surface area contributed by atoms with E-state index in [0.717, 1.165) is 26.1 Å². The summed E-state index contributed by atoms with van der Waals surface area (Å²) in [6, 6.07) is 0. The van der Waals surface area contributed by atoms with Gasteiger partial charge in [-0.25, -0.2) is 4.79 Å². The second-order valence-corrected chi connectivity index (χ2v) is 6.92. The van der Waals surface area contributed by atoms with Gasteiger partial charge in [-0.05, 0) is 25.0 Å². The van der Waals surface area contributed by atoms with Crippen molar-refractivity contribution in [3.63, 3.8) is 0 Å². The van der Waals surface area contributed by atoms with Crippen molar-refractivity contribution in [2.45, 2.75) is 71.1 Å². The van der Waals surface area contributed by atoms with Crippen molar-refractivity contribution in [1.82, 2.24) is 0 Å². The third-order valence-corrected chi connectivity index (χ3v) is 4.71. The van der Waals surface area contributed by atoms with Gasteiger partial charge in [0.25, 0.3) is 0 Å². The van der Waals surface area contributed by atoms with Crippen molar-refractivity contribution in [3.05, 3.63) is 25.3 Å². The maximum absolute atomic E-state index is 11.8. The molecule has 0 saturated carbocycles. The number of unbranched alkanes of at least 4 members (excludes halogenated alkanes) is 9. The van der Waals surface area contributed by atoms with Gasteiger partial charge < -0.3 is 21.6 Å². The molecule has 0 amide bonds. The minimum atomic E-state index is -0.147. The average Bonchev–Trinajstić information content (AvgIpc) is 2.57. The lowest BCUT2D eigenvalue weighted by Crippen LogP contribution is -3.00. The molecule has 0 aromatic carbocycles. The summed E-state index contributed by atoms with van der Waals surface area (Å²) in [6.07, 6.45) is 17.1. The zero-order valence-electron chi connectivity index (χ0n) is 16.6. The van der Waals surface area contributed by atoms with E-state index in [1.165, 1.54) is 64.9 Å². The third-order valence-electron chi connectivity index (χ3n) is 4.71. The number of carbonyl (C=O) groups excluding carboxylic acids is 1. The molecule has 0 aliphatic carbocycles. The number of carbonyl (C=O) groups is 1. The number of quaternary nitrogens is 1.